The molecular weight excluding hydrogens is 254 g/mol. The first-order valence-electron chi connectivity index (χ1n) is 6.67. The molecule has 0 atom stereocenters. The highest BCUT2D eigenvalue weighted by atomic mass is 16.5. The standard InChI is InChI=1S/C16H21NO3/c1-12(2)11-20-16(19)17-15-8-7-14(10-13(15)3)6-4-5-9-18/h7-8,10,12,18H,5,9,11H2,1-3H3,(H,17,19). The van der Waals surface area contributed by atoms with Crippen LogP contribution in [0, 0.1) is 24.7 Å². The van der Waals surface area contributed by atoms with Crippen LogP contribution < -0.4 is 5.32 Å². The molecule has 0 saturated heterocycles. The largest absolute Gasteiger partial charge is 0.449 e. The van der Waals surface area contributed by atoms with Gasteiger partial charge < -0.3 is 9.84 Å². The number of rotatable bonds is 4. The first-order valence-corrected chi connectivity index (χ1v) is 6.67. The third-order valence-electron chi connectivity index (χ3n) is 2.48. The molecule has 0 spiro atoms. The van der Waals surface area contributed by atoms with Crippen molar-refractivity contribution >= 4 is 11.8 Å². The zero-order chi connectivity index (χ0) is 15.0. The summed E-state index contributed by atoms with van der Waals surface area (Å²) in [5, 5.41) is 11.4. The Bertz CT molecular complexity index is 512. The van der Waals surface area contributed by atoms with E-state index in [-0.39, 0.29) is 6.61 Å². The Morgan fingerprint density at radius 3 is 2.80 bits per heavy atom. The van der Waals surface area contributed by atoms with Crippen molar-refractivity contribution in [1.29, 1.82) is 0 Å². The van der Waals surface area contributed by atoms with Crippen molar-refractivity contribution in [3.8, 4) is 11.8 Å². The van der Waals surface area contributed by atoms with Crippen LogP contribution in [0.4, 0.5) is 10.5 Å². The van der Waals surface area contributed by atoms with Crippen LogP contribution in [0.1, 0.15) is 31.4 Å². The minimum atomic E-state index is -0.444. The van der Waals surface area contributed by atoms with E-state index in [4.69, 9.17) is 9.84 Å². The molecule has 1 amide bonds. The summed E-state index contributed by atoms with van der Waals surface area (Å²) in [5.74, 6) is 6.12. The number of nitrogens with one attached hydrogen (secondary N) is 1. The van der Waals surface area contributed by atoms with Gasteiger partial charge in [-0.3, -0.25) is 5.32 Å². The molecule has 0 heterocycles. The fourth-order valence-electron chi connectivity index (χ4n) is 1.49. The highest BCUT2D eigenvalue weighted by Gasteiger charge is 2.06. The molecule has 2 N–H and O–H groups in total. The summed E-state index contributed by atoms with van der Waals surface area (Å²) in [5.41, 5.74) is 2.49. The van der Waals surface area contributed by atoms with E-state index in [9.17, 15) is 4.79 Å². The molecule has 4 heteroatoms. The molecule has 20 heavy (non-hydrogen) atoms. The second-order valence-electron chi connectivity index (χ2n) is 4.92. The fourth-order valence-corrected chi connectivity index (χ4v) is 1.49. The maximum absolute atomic E-state index is 11.6. The number of benzene rings is 1. The van der Waals surface area contributed by atoms with E-state index in [1.165, 1.54) is 0 Å². The van der Waals surface area contributed by atoms with E-state index < -0.39 is 6.09 Å². The Balaban J connectivity index is 2.64. The fraction of sp³-hybridized carbons (Fsp3) is 0.438. The minimum Gasteiger partial charge on any atom is -0.449 e. The lowest BCUT2D eigenvalue weighted by Crippen LogP contribution is -2.17. The van der Waals surface area contributed by atoms with Gasteiger partial charge in [-0.15, -0.1) is 0 Å². The van der Waals surface area contributed by atoms with Crippen molar-refractivity contribution in [2.75, 3.05) is 18.5 Å². The second-order valence-corrected chi connectivity index (χ2v) is 4.92. The van der Waals surface area contributed by atoms with E-state index in [0.717, 1.165) is 11.1 Å². The molecule has 0 bridgehead atoms. The van der Waals surface area contributed by atoms with Gasteiger partial charge in [-0.25, -0.2) is 4.79 Å². The molecule has 0 aromatic heterocycles. The Hall–Kier alpha value is -1.99. The van der Waals surface area contributed by atoms with E-state index in [2.05, 4.69) is 17.2 Å². The van der Waals surface area contributed by atoms with Crippen LogP contribution in [0.3, 0.4) is 0 Å². The molecule has 1 aromatic rings. The number of aliphatic hydroxyl groups is 1. The van der Waals surface area contributed by atoms with Crippen LogP contribution in [0.2, 0.25) is 0 Å². The van der Waals surface area contributed by atoms with Crippen molar-refractivity contribution in [1.82, 2.24) is 0 Å². The number of hydrogen-bond donors (Lipinski definition) is 2. The molecule has 1 aromatic carbocycles. The number of ether oxygens (including phenoxy) is 1. The summed E-state index contributed by atoms with van der Waals surface area (Å²) in [7, 11) is 0. The number of carbonyl (C=O) groups excluding carboxylic acids is 1. The summed E-state index contributed by atoms with van der Waals surface area (Å²) in [6.45, 7) is 6.33. The van der Waals surface area contributed by atoms with Crippen LogP contribution in [0.15, 0.2) is 18.2 Å². The smallest absolute Gasteiger partial charge is 0.411 e. The molecule has 1 rings (SSSR count). The molecule has 4 nitrogen and oxygen atoms in total. The lowest BCUT2D eigenvalue weighted by Gasteiger charge is -2.10. The number of aryl methyl sites for hydroxylation is 1. The van der Waals surface area contributed by atoms with Gasteiger partial charge in [-0.05, 0) is 36.6 Å². The van der Waals surface area contributed by atoms with Gasteiger partial charge in [0.25, 0.3) is 0 Å². The summed E-state index contributed by atoms with van der Waals surface area (Å²) < 4.78 is 5.07. The molecule has 0 unspecified atom stereocenters. The monoisotopic (exact) mass is 275 g/mol. The predicted octanol–water partition coefficient (Wildman–Crippen LogP) is 2.93. The molecule has 0 aliphatic heterocycles. The average molecular weight is 275 g/mol. The normalized spacial score (nSPS) is 9.85. The molecule has 0 radical (unpaired) electrons. The summed E-state index contributed by atoms with van der Waals surface area (Å²) in [6.07, 6.45) is 0.0153. The van der Waals surface area contributed by atoms with Gasteiger partial charge in [0.2, 0.25) is 0 Å². The molecular formula is C16H21NO3. The second kappa shape index (κ2) is 8.23. The number of anilines is 1. The number of hydrogen-bond acceptors (Lipinski definition) is 3. The molecule has 0 aliphatic carbocycles. The maximum Gasteiger partial charge on any atom is 0.411 e. The van der Waals surface area contributed by atoms with Gasteiger partial charge in [0.05, 0.1) is 13.2 Å². The number of carbonyl (C=O) groups is 1. The molecule has 0 aliphatic rings. The van der Waals surface area contributed by atoms with Crippen LogP contribution in [-0.4, -0.2) is 24.4 Å². The van der Waals surface area contributed by atoms with Gasteiger partial charge in [-0.1, -0.05) is 25.7 Å². The predicted molar refractivity (Wildman–Crippen MR) is 79.6 cm³/mol. The van der Waals surface area contributed by atoms with E-state index >= 15 is 0 Å². The average Bonchev–Trinajstić information content (AvgIpc) is 2.40. The molecule has 0 fully saturated rings. The molecule has 108 valence electrons. The van der Waals surface area contributed by atoms with Crippen molar-refractivity contribution in [2.24, 2.45) is 5.92 Å². The summed E-state index contributed by atoms with van der Waals surface area (Å²) >= 11 is 0. The van der Waals surface area contributed by atoms with E-state index in [0.29, 0.717) is 24.6 Å². The minimum absolute atomic E-state index is 0.0628. The highest BCUT2D eigenvalue weighted by Crippen LogP contribution is 2.16. The third kappa shape index (κ3) is 5.77. The number of amides is 1. The topological polar surface area (TPSA) is 58.6 Å². The van der Waals surface area contributed by atoms with Crippen LogP contribution >= 0.6 is 0 Å². The van der Waals surface area contributed by atoms with Crippen molar-refractivity contribution in [3.05, 3.63) is 29.3 Å². The lowest BCUT2D eigenvalue weighted by atomic mass is 10.1. The van der Waals surface area contributed by atoms with Crippen molar-refractivity contribution in [2.45, 2.75) is 27.2 Å². The Morgan fingerprint density at radius 2 is 2.20 bits per heavy atom. The van der Waals surface area contributed by atoms with E-state index in [1.54, 1.807) is 6.07 Å². The van der Waals surface area contributed by atoms with Crippen molar-refractivity contribution < 1.29 is 14.6 Å². The molecule has 0 saturated carbocycles. The third-order valence-corrected chi connectivity index (χ3v) is 2.48. The Kier molecular flexibility index (Phi) is 6.61. The highest BCUT2D eigenvalue weighted by molar-refractivity contribution is 5.85. The van der Waals surface area contributed by atoms with Crippen LogP contribution in [-0.2, 0) is 4.74 Å². The van der Waals surface area contributed by atoms with Gasteiger partial charge >= 0.3 is 6.09 Å². The SMILES string of the molecule is Cc1cc(C#CCCO)ccc1NC(=O)OCC(C)C. The first-order chi connectivity index (χ1) is 9.52. The summed E-state index contributed by atoms with van der Waals surface area (Å²) in [4.78, 5) is 11.6. The van der Waals surface area contributed by atoms with Gasteiger partial charge in [0.15, 0.2) is 0 Å². The maximum atomic E-state index is 11.6. The first kappa shape index (κ1) is 16.1. The summed E-state index contributed by atoms with van der Waals surface area (Å²) in [6, 6.07) is 5.52. The van der Waals surface area contributed by atoms with Crippen LogP contribution in [0.25, 0.3) is 0 Å². The van der Waals surface area contributed by atoms with Gasteiger partial charge in [0.1, 0.15) is 0 Å². The van der Waals surface area contributed by atoms with Crippen molar-refractivity contribution in [3.63, 3.8) is 0 Å². The Morgan fingerprint density at radius 1 is 1.45 bits per heavy atom. The van der Waals surface area contributed by atoms with Crippen LogP contribution in [0.5, 0.6) is 0 Å². The Labute approximate surface area is 120 Å². The van der Waals surface area contributed by atoms with Gasteiger partial charge in [-0.2, -0.15) is 0 Å². The van der Waals surface area contributed by atoms with E-state index in [1.807, 2.05) is 32.9 Å². The zero-order valence-electron chi connectivity index (χ0n) is 12.2. The van der Waals surface area contributed by atoms with Gasteiger partial charge in [0, 0.05) is 17.7 Å². The zero-order valence-corrected chi connectivity index (χ0v) is 12.2. The quantitative estimate of drug-likeness (QED) is 0.831. The lowest BCUT2D eigenvalue weighted by molar-refractivity contribution is 0.147. The number of aliphatic hydroxyl groups excluding tert-OH is 1.